The predicted octanol–water partition coefficient (Wildman–Crippen LogP) is 3.25. The Morgan fingerprint density at radius 3 is 2.68 bits per heavy atom. The topological polar surface area (TPSA) is 43.6 Å². The minimum Gasteiger partial charge on any atom is -0.466 e. The van der Waals surface area contributed by atoms with Crippen LogP contribution in [0, 0.1) is 6.92 Å². The Labute approximate surface area is 113 Å². The maximum atomic E-state index is 11.2. The molecule has 4 nitrogen and oxygen atoms in total. The van der Waals surface area contributed by atoms with Crippen LogP contribution in [0.25, 0.3) is 11.2 Å². The summed E-state index contributed by atoms with van der Waals surface area (Å²) < 4.78 is 6.59. The lowest BCUT2D eigenvalue weighted by molar-refractivity contribution is -0.134. The van der Waals surface area contributed by atoms with Gasteiger partial charge >= 0.3 is 5.97 Å². The molecular weight excluding hydrogens is 240 g/mol. The first-order valence-electron chi connectivity index (χ1n) is 6.32. The lowest BCUT2D eigenvalue weighted by Gasteiger charge is -2.03. The van der Waals surface area contributed by atoms with Crippen molar-refractivity contribution >= 4 is 17.2 Å². The van der Waals surface area contributed by atoms with Crippen LogP contribution in [0.15, 0.2) is 30.6 Å². The van der Waals surface area contributed by atoms with Crippen LogP contribution in [0.2, 0.25) is 0 Å². The number of imidazole rings is 1. The Balaban J connectivity index is 0.000000861. The van der Waals surface area contributed by atoms with E-state index in [1.807, 2.05) is 56.6 Å². The predicted molar refractivity (Wildman–Crippen MR) is 76.9 cm³/mol. The van der Waals surface area contributed by atoms with Crippen LogP contribution in [-0.4, -0.2) is 22.5 Å². The number of methoxy groups -OCH3 is 1. The van der Waals surface area contributed by atoms with Crippen molar-refractivity contribution in [3.63, 3.8) is 0 Å². The van der Waals surface area contributed by atoms with Gasteiger partial charge in [0.1, 0.15) is 5.65 Å². The minimum atomic E-state index is -0.343. The monoisotopic (exact) mass is 260 g/mol. The van der Waals surface area contributed by atoms with Gasteiger partial charge in [-0.3, -0.25) is 0 Å². The summed E-state index contributed by atoms with van der Waals surface area (Å²) in [6, 6.07) is 3.87. The van der Waals surface area contributed by atoms with Crippen molar-refractivity contribution in [1.82, 2.24) is 9.38 Å². The van der Waals surface area contributed by atoms with E-state index in [0.717, 1.165) is 22.5 Å². The van der Waals surface area contributed by atoms with E-state index in [9.17, 15) is 4.79 Å². The lowest BCUT2D eigenvalue weighted by Crippen LogP contribution is -1.97. The van der Waals surface area contributed by atoms with Crippen molar-refractivity contribution in [2.75, 3.05) is 7.11 Å². The molecule has 0 aromatic carbocycles. The Hall–Kier alpha value is -2.10. The average molecular weight is 260 g/mol. The second-order valence-corrected chi connectivity index (χ2v) is 3.90. The maximum Gasteiger partial charge on any atom is 0.330 e. The summed E-state index contributed by atoms with van der Waals surface area (Å²) >= 11 is 0. The second-order valence-electron chi connectivity index (χ2n) is 3.90. The largest absolute Gasteiger partial charge is 0.466 e. The van der Waals surface area contributed by atoms with Crippen LogP contribution >= 0.6 is 0 Å². The number of rotatable bonds is 2. The smallest absolute Gasteiger partial charge is 0.330 e. The van der Waals surface area contributed by atoms with Crippen molar-refractivity contribution in [3.8, 4) is 0 Å². The van der Waals surface area contributed by atoms with Crippen LogP contribution in [0.3, 0.4) is 0 Å². The molecule has 2 rings (SSSR count). The molecule has 102 valence electrons. The molecule has 0 radical (unpaired) electrons. The number of ether oxygens (including phenoxy) is 1. The number of hydrogen-bond donors (Lipinski definition) is 0. The number of carbonyl (C=O) groups is 1. The van der Waals surface area contributed by atoms with Gasteiger partial charge in [-0.2, -0.15) is 0 Å². The summed E-state index contributed by atoms with van der Waals surface area (Å²) in [6.45, 7) is 7.87. The van der Waals surface area contributed by atoms with Crippen LogP contribution in [0.4, 0.5) is 0 Å². The van der Waals surface area contributed by atoms with E-state index >= 15 is 0 Å². The molecular formula is C15H20N2O2. The Morgan fingerprint density at radius 1 is 1.37 bits per heavy atom. The fourth-order valence-corrected chi connectivity index (χ4v) is 1.65. The van der Waals surface area contributed by atoms with Gasteiger partial charge < -0.3 is 9.14 Å². The summed E-state index contributed by atoms with van der Waals surface area (Å²) in [5, 5.41) is 0. The normalized spacial score (nSPS) is 10.9. The molecule has 2 aromatic rings. The first-order valence-corrected chi connectivity index (χ1v) is 6.32. The highest BCUT2D eigenvalue weighted by Gasteiger charge is 2.03. The quantitative estimate of drug-likeness (QED) is 0.615. The maximum absolute atomic E-state index is 11.2. The molecule has 0 amide bonds. The molecule has 0 unspecified atom stereocenters. The molecule has 0 spiro atoms. The van der Waals surface area contributed by atoms with Crippen molar-refractivity contribution in [1.29, 1.82) is 0 Å². The van der Waals surface area contributed by atoms with E-state index in [4.69, 9.17) is 0 Å². The van der Waals surface area contributed by atoms with Gasteiger partial charge in [-0.05, 0) is 37.1 Å². The van der Waals surface area contributed by atoms with E-state index < -0.39 is 0 Å². The van der Waals surface area contributed by atoms with E-state index in [0.29, 0.717) is 0 Å². The standard InChI is InChI=1S/C13H14N2O2.C2H6/c1-9(6-13(16)17-3)11-4-5-12-14-7-10(2)15(12)8-11;1-2/h4-8H,1-3H3;1-2H3/b9-6+;. The van der Waals surface area contributed by atoms with Gasteiger partial charge in [0, 0.05) is 24.2 Å². The number of pyridine rings is 1. The number of fused-ring (bicyclic) bond motifs is 1. The number of allylic oxidation sites excluding steroid dienone is 1. The first-order chi connectivity index (χ1) is 9.11. The van der Waals surface area contributed by atoms with Crippen molar-refractivity contribution in [3.05, 3.63) is 41.9 Å². The minimum absolute atomic E-state index is 0.343. The van der Waals surface area contributed by atoms with E-state index in [1.54, 1.807) is 0 Å². The van der Waals surface area contributed by atoms with Gasteiger partial charge in [0.25, 0.3) is 0 Å². The molecule has 2 heterocycles. The SMILES string of the molecule is CC.COC(=O)/C=C(\C)c1ccc2ncc(C)n2c1. The Morgan fingerprint density at radius 2 is 2.05 bits per heavy atom. The molecule has 0 saturated heterocycles. The summed E-state index contributed by atoms with van der Waals surface area (Å²) in [5.74, 6) is -0.343. The van der Waals surface area contributed by atoms with E-state index in [2.05, 4.69) is 9.72 Å². The number of esters is 1. The van der Waals surface area contributed by atoms with Gasteiger partial charge in [-0.15, -0.1) is 0 Å². The van der Waals surface area contributed by atoms with Crippen molar-refractivity contribution < 1.29 is 9.53 Å². The molecule has 0 bridgehead atoms. The fraction of sp³-hybridized carbons (Fsp3) is 0.333. The average Bonchev–Trinajstić information content (AvgIpc) is 2.82. The van der Waals surface area contributed by atoms with E-state index in [1.165, 1.54) is 13.2 Å². The number of nitrogens with zero attached hydrogens (tertiary/aromatic N) is 2. The molecule has 0 aliphatic carbocycles. The van der Waals surface area contributed by atoms with Crippen LogP contribution in [0.1, 0.15) is 32.0 Å². The highest BCUT2D eigenvalue weighted by atomic mass is 16.5. The molecule has 0 aliphatic heterocycles. The molecule has 0 N–H and O–H groups in total. The summed E-state index contributed by atoms with van der Waals surface area (Å²) in [4.78, 5) is 15.4. The zero-order valence-corrected chi connectivity index (χ0v) is 12.1. The molecule has 19 heavy (non-hydrogen) atoms. The van der Waals surface area contributed by atoms with Gasteiger partial charge in [-0.1, -0.05) is 13.8 Å². The third-order valence-electron chi connectivity index (χ3n) is 2.68. The number of aryl methyl sites for hydroxylation is 1. The second kappa shape index (κ2) is 6.73. The molecule has 2 aromatic heterocycles. The number of hydrogen-bond acceptors (Lipinski definition) is 3. The highest BCUT2D eigenvalue weighted by Crippen LogP contribution is 2.16. The van der Waals surface area contributed by atoms with Crippen LogP contribution < -0.4 is 0 Å². The van der Waals surface area contributed by atoms with Crippen LogP contribution in [0.5, 0.6) is 0 Å². The van der Waals surface area contributed by atoms with Gasteiger partial charge in [0.2, 0.25) is 0 Å². The van der Waals surface area contributed by atoms with Gasteiger partial charge in [-0.25, -0.2) is 9.78 Å². The summed E-state index contributed by atoms with van der Waals surface area (Å²) in [7, 11) is 1.37. The summed E-state index contributed by atoms with van der Waals surface area (Å²) in [6.07, 6.45) is 5.26. The zero-order valence-electron chi connectivity index (χ0n) is 12.1. The van der Waals surface area contributed by atoms with Gasteiger partial charge in [0.15, 0.2) is 0 Å². The van der Waals surface area contributed by atoms with E-state index in [-0.39, 0.29) is 5.97 Å². The van der Waals surface area contributed by atoms with Crippen LogP contribution in [-0.2, 0) is 9.53 Å². The van der Waals surface area contributed by atoms with Crippen molar-refractivity contribution in [2.24, 2.45) is 0 Å². The first kappa shape index (κ1) is 15.0. The fourth-order valence-electron chi connectivity index (χ4n) is 1.65. The lowest BCUT2D eigenvalue weighted by atomic mass is 10.1. The highest BCUT2D eigenvalue weighted by molar-refractivity contribution is 5.90. The molecule has 4 heteroatoms. The molecule has 0 atom stereocenters. The van der Waals surface area contributed by atoms with Gasteiger partial charge in [0.05, 0.1) is 7.11 Å². The number of aromatic nitrogens is 2. The van der Waals surface area contributed by atoms with Crippen molar-refractivity contribution in [2.45, 2.75) is 27.7 Å². The zero-order chi connectivity index (χ0) is 14.4. The molecule has 0 fully saturated rings. The third kappa shape index (κ3) is 3.44. The summed E-state index contributed by atoms with van der Waals surface area (Å²) in [5.41, 5.74) is 3.81. The number of carbonyl (C=O) groups excluding carboxylic acids is 1. The Kier molecular flexibility index (Phi) is 5.30. The third-order valence-corrected chi connectivity index (χ3v) is 2.68. The molecule has 0 aliphatic rings. The Bertz CT molecular complexity index is 597. The molecule has 0 saturated carbocycles.